The number of nitrogen functional groups attached to an aromatic ring is 1. The van der Waals surface area contributed by atoms with Gasteiger partial charge >= 0.3 is 0 Å². The fourth-order valence-electron chi connectivity index (χ4n) is 2.98. The maximum atomic E-state index is 13.3. The Bertz CT molecular complexity index is 1080. The molecule has 0 aliphatic rings. The molecule has 0 radical (unpaired) electrons. The van der Waals surface area contributed by atoms with Crippen LogP contribution in [0.4, 0.5) is 5.82 Å². The highest BCUT2D eigenvalue weighted by molar-refractivity contribution is 7.89. The van der Waals surface area contributed by atoms with Crippen LogP contribution in [0.15, 0.2) is 71.9 Å². The lowest BCUT2D eigenvalue weighted by Crippen LogP contribution is -2.31. The first-order valence-electron chi connectivity index (χ1n) is 9.37. The molecule has 152 valence electrons. The van der Waals surface area contributed by atoms with E-state index in [1.54, 1.807) is 36.5 Å². The predicted molar refractivity (Wildman–Crippen MR) is 114 cm³/mol. The summed E-state index contributed by atoms with van der Waals surface area (Å²) in [7, 11) is -3.77. The van der Waals surface area contributed by atoms with Gasteiger partial charge in [-0.25, -0.2) is 13.4 Å². The Kier molecular flexibility index (Phi) is 6.00. The van der Waals surface area contributed by atoms with Crippen LogP contribution in [0.3, 0.4) is 0 Å². The first-order chi connectivity index (χ1) is 13.7. The highest BCUT2D eigenvalue weighted by atomic mass is 32.2. The fourth-order valence-corrected chi connectivity index (χ4v) is 4.35. The molecule has 1 aromatic carbocycles. The topological polar surface area (TPSA) is 89.2 Å². The Labute approximate surface area is 172 Å². The van der Waals surface area contributed by atoms with Gasteiger partial charge in [0.25, 0.3) is 0 Å². The molecule has 3 aromatic rings. The van der Waals surface area contributed by atoms with Gasteiger partial charge in [0.05, 0.1) is 12.2 Å². The molecule has 0 bridgehead atoms. The van der Waals surface area contributed by atoms with E-state index in [0.717, 1.165) is 11.1 Å². The lowest BCUT2D eigenvalue weighted by atomic mass is 9.86. The number of nitrogens with two attached hydrogens (primary N) is 1. The SMILES string of the molecule is CC(C)(C)c1cccc(CN(Cc2cccc(N)n2)S(=O)(=O)c2cccnc2)c1. The van der Waals surface area contributed by atoms with Crippen molar-refractivity contribution in [3.8, 4) is 0 Å². The summed E-state index contributed by atoms with van der Waals surface area (Å²) in [5.41, 5.74) is 8.40. The second kappa shape index (κ2) is 8.31. The molecular formula is C22H26N4O2S. The number of sulfonamides is 1. The van der Waals surface area contributed by atoms with E-state index in [-0.39, 0.29) is 23.4 Å². The summed E-state index contributed by atoms with van der Waals surface area (Å²) >= 11 is 0. The van der Waals surface area contributed by atoms with Gasteiger partial charge in [-0.2, -0.15) is 4.31 Å². The maximum Gasteiger partial charge on any atom is 0.245 e. The van der Waals surface area contributed by atoms with Crippen molar-refractivity contribution in [1.29, 1.82) is 0 Å². The molecule has 2 heterocycles. The Morgan fingerprint density at radius 1 is 1.00 bits per heavy atom. The molecule has 7 heteroatoms. The number of anilines is 1. The zero-order valence-corrected chi connectivity index (χ0v) is 17.7. The molecule has 2 N–H and O–H groups in total. The van der Waals surface area contributed by atoms with E-state index >= 15 is 0 Å². The van der Waals surface area contributed by atoms with Crippen LogP contribution < -0.4 is 5.73 Å². The molecule has 0 aliphatic heterocycles. The Morgan fingerprint density at radius 3 is 2.41 bits per heavy atom. The molecule has 3 rings (SSSR count). The van der Waals surface area contributed by atoms with Gasteiger partial charge < -0.3 is 5.73 Å². The van der Waals surface area contributed by atoms with Crippen molar-refractivity contribution in [2.75, 3.05) is 5.73 Å². The smallest absolute Gasteiger partial charge is 0.245 e. The van der Waals surface area contributed by atoms with Crippen LogP contribution in [0.5, 0.6) is 0 Å². The standard InChI is InChI=1S/C22H26N4O2S/c1-22(2,3)18-8-4-7-17(13-18)15-26(16-19-9-5-11-21(23)25-19)29(27,28)20-10-6-12-24-14-20/h4-14H,15-16H2,1-3H3,(H2,23,25). The average molecular weight is 411 g/mol. The van der Waals surface area contributed by atoms with E-state index in [9.17, 15) is 8.42 Å². The molecule has 0 spiro atoms. The minimum Gasteiger partial charge on any atom is -0.384 e. The molecule has 0 saturated carbocycles. The van der Waals surface area contributed by atoms with Gasteiger partial charge in [0, 0.05) is 18.9 Å². The normalized spacial score (nSPS) is 12.3. The van der Waals surface area contributed by atoms with Gasteiger partial charge in [0.2, 0.25) is 10.0 Å². The van der Waals surface area contributed by atoms with Crippen LogP contribution in [0.25, 0.3) is 0 Å². The molecule has 2 aromatic heterocycles. The van der Waals surface area contributed by atoms with Crippen molar-refractivity contribution in [2.45, 2.75) is 44.2 Å². The fraction of sp³-hybridized carbons (Fsp3) is 0.273. The number of benzene rings is 1. The summed E-state index contributed by atoms with van der Waals surface area (Å²) in [6, 6.07) is 16.4. The second-order valence-corrected chi connectivity index (χ2v) is 9.90. The maximum absolute atomic E-state index is 13.3. The van der Waals surface area contributed by atoms with Crippen LogP contribution >= 0.6 is 0 Å². The van der Waals surface area contributed by atoms with Crippen LogP contribution in [0, 0.1) is 0 Å². The highest BCUT2D eigenvalue weighted by Crippen LogP contribution is 2.25. The van der Waals surface area contributed by atoms with Crippen LogP contribution in [0.1, 0.15) is 37.6 Å². The summed E-state index contributed by atoms with van der Waals surface area (Å²) in [6.45, 7) is 6.73. The third-order valence-electron chi connectivity index (χ3n) is 4.59. The van der Waals surface area contributed by atoms with E-state index in [1.165, 1.54) is 10.5 Å². The van der Waals surface area contributed by atoms with Crippen LogP contribution in [-0.4, -0.2) is 22.7 Å². The first kappa shape index (κ1) is 21.0. The van der Waals surface area contributed by atoms with Crippen molar-refractivity contribution < 1.29 is 8.42 Å². The van der Waals surface area contributed by atoms with Crippen molar-refractivity contribution in [1.82, 2.24) is 14.3 Å². The quantitative estimate of drug-likeness (QED) is 0.668. The predicted octanol–water partition coefficient (Wildman–Crippen LogP) is 3.75. The Balaban J connectivity index is 1.99. The third kappa shape index (κ3) is 5.19. The number of aromatic nitrogens is 2. The van der Waals surface area contributed by atoms with E-state index in [1.807, 2.05) is 12.1 Å². The molecular weight excluding hydrogens is 384 g/mol. The first-order valence-corrected chi connectivity index (χ1v) is 10.8. The van der Waals surface area contributed by atoms with E-state index in [2.05, 4.69) is 42.9 Å². The molecule has 0 amide bonds. The molecule has 0 fully saturated rings. The number of hydrogen-bond donors (Lipinski definition) is 1. The summed E-state index contributed by atoms with van der Waals surface area (Å²) in [5.74, 6) is 0.357. The Morgan fingerprint density at radius 2 is 1.76 bits per heavy atom. The molecule has 29 heavy (non-hydrogen) atoms. The monoisotopic (exact) mass is 410 g/mol. The van der Waals surface area contributed by atoms with Crippen LogP contribution in [0.2, 0.25) is 0 Å². The number of hydrogen-bond acceptors (Lipinski definition) is 5. The minimum atomic E-state index is -3.77. The summed E-state index contributed by atoms with van der Waals surface area (Å²) < 4.78 is 28.1. The summed E-state index contributed by atoms with van der Waals surface area (Å²) in [6.07, 6.45) is 2.91. The molecule has 0 atom stereocenters. The third-order valence-corrected chi connectivity index (χ3v) is 6.37. The van der Waals surface area contributed by atoms with Gasteiger partial charge in [-0.05, 0) is 40.8 Å². The molecule has 6 nitrogen and oxygen atoms in total. The van der Waals surface area contributed by atoms with Crippen molar-refractivity contribution in [2.24, 2.45) is 0 Å². The van der Waals surface area contributed by atoms with Crippen molar-refractivity contribution >= 4 is 15.8 Å². The van der Waals surface area contributed by atoms with Gasteiger partial charge in [-0.15, -0.1) is 0 Å². The number of pyridine rings is 2. The molecule has 0 unspecified atom stereocenters. The van der Waals surface area contributed by atoms with E-state index in [0.29, 0.717) is 11.5 Å². The second-order valence-electron chi connectivity index (χ2n) is 7.97. The van der Waals surface area contributed by atoms with Gasteiger partial charge in [0.1, 0.15) is 10.7 Å². The van der Waals surface area contributed by atoms with Gasteiger partial charge in [-0.3, -0.25) is 4.98 Å². The highest BCUT2D eigenvalue weighted by Gasteiger charge is 2.26. The number of nitrogens with zero attached hydrogens (tertiary/aromatic N) is 3. The van der Waals surface area contributed by atoms with E-state index < -0.39 is 10.0 Å². The zero-order valence-electron chi connectivity index (χ0n) is 16.9. The number of rotatable bonds is 6. The summed E-state index contributed by atoms with van der Waals surface area (Å²) in [5, 5.41) is 0. The van der Waals surface area contributed by atoms with Crippen molar-refractivity contribution in [3.63, 3.8) is 0 Å². The average Bonchev–Trinajstić information content (AvgIpc) is 2.68. The zero-order chi connectivity index (χ0) is 21.1. The van der Waals surface area contributed by atoms with Gasteiger partial charge in [0.15, 0.2) is 0 Å². The minimum absolute atomic E-state index is 0.0293. The lowest BCUT2D eigenvalue weighted by Gasteiger charge is -2.24. The van der Waals surface area contributed by atoms with Gasteiger partial charge in [-0.1, -0.05) is 51.1 Å². The van der Waals surface area contributed by atoms with E-state index in [4.69, 9.17) is 5.73 Å². The summed E-state index contributed by atoms with van der Waals surface area (Å²) in [4.78, 5) is 8.39. The largest absolute Gasteiger partial charge is 0.384 e. The van der Waals surface area contributed by atoms with Crippen molar-refractivity contribution in [3.05, 3.63) is 83.8 Å². The van der Waals surface area contributed by atoms with Crippen LogP contribution in [-0.2, 0) is 28.5 Å². The lowest BCUT2D eigenvalue weighted by molar-refractivity contribution is 0.396. The molecule has 0 aliphatic carbocycles. The Hall–Kier alpha value is -2.77. The molecule has 0 saturated heterocycles.